The first kappa shape index (κ1) is 37.6. The van der Waals surface area contributed by atoms with Gasteiger partial charge < -0.3 is 30.1 Å². The summed E-state index contributed by atoms with van der Waals surface area (Å²) in [6, 6.07) is 31.2. The molecule has 3 aliphatic rings. The molecule has 0 aliphatic carbocycles. The van der Waals surface area contributed by atoms with Crippen molar-refractivity contribution in [3.05, 3.63) is 119 Å². The maximum absolute atomic E-state index is 13.2. The zero-order chi connectivity index (χ0) is 38.6. The monoisotopic (exact) mass is 742 g/mol. The van der Waals surface area contributed by atoms with Crippen LogP contribution in [0.15, 0.2) is 97.1 Å². The number of hydrogen-bond donors (Lipinski definition) is 3. The molecule has 7 rings (SSSR count). The Hall–Kier alpha value is -5.68. The molecule has 0 radical (unpaired) electrons. The zero-order valence-corrected chi connectivity index (χ0v) is 32.0. The Morgan fingerprint density at radius 3 is 1.89 bits per heavy atom. The first-order chi connectivity index (χ1) is 26.6. The molecular formula is C44H50N6O5. The third kappa shape index (κ3) is 8.07. The third-order valence-electron chi connectivity index (χ3n) is 11.0. The van der Waals surface area contributed by atoms with Crippen LogP contribution in [0, 0.1) is 0 Å². The van der Waals surface area contributed by atoms with Crippen molar-refractivity contribution < 1.29 is 23.9 Å². The summed E-state index contributed by atoms with van der Waals surface area (Å²) < 4.78 is 5.86. The van der Waals surface area contributed by atoms with Gasteiger partial charge in [-0.15, -0.1) is 0 Å². The molecule has 3 aliphatic heterocycles. The summed E-state index contributed by atoms with van der Waals surface area (Å²) >= 11 is 0. The summed E-state index contributed by atoms with van der Waals surface area (Å²) in [6.07, 6.45) is 1.19. The van der Waals surface area contributed by atoms with Crippen molar-refractivity contribution in [2.45, 2.75) is 90.2 Å². The lowest BCUT2D eigenvalue weighted by atomic mass is 9.91. The lowest BCUT2D eigenvalue weighted by Gasteiger charge is -2.40. The Morgan fingerprint density at radius 2 is 1.25 bits per heavy atom. The van der Waals surface area contributed by atoms with Crippen molar-refractivity contribution in [3.63, 3.8) is 0 Å². The molecule has 4 aromatic carbocycles. The van der Waals surface area contributed by atoms with Crippen LogP contribution in [0.4, 0.5) is 27.5 Å². The van der Waals surface area contributed by atoms with Gasteiger partial charge >= 0.3 is 6.09 Å². The van der Waals surface area contributed by atoms with Gasteiger partial charge in [0.2, 0.25) is 11.8 Å². The number of benzene rings is 4. The minimum absolute atomic E-state index is 0.00946. The van der Waals surface area contributed by atoms with Crippen molar-refractivity contribution in [2.24, 2.45) is 0 Å². The van der Waals surface area contributed by atoms with Crippen LogP contribution in [0.5, 0.6) is 0 Å². The number of likely N-dealkylation sites (tertiary alicyclic amines) is 1. The molecule has 3 N–H and O–H groups in total. The van der Waals surface area contributed by atoms with E-state index in [1.807, 2.05) is 122 Å². The summed E-state index contributed by atoms with van der Waals surface area (Å²) in [5.74, 6) is 0.189. The fourth-order valence-corrected chi connectivity index (χ4v) is 8.03. The zero-order valence-electron chi connectivity index (χ0n) is 32.0. The largest absolute Gasteiger partial charge is 0.441 e. The van der Waals surface area contributed by atoms with Crippen molar-refractivity contribution in [3.8, 4) is 0 Å². The highest BCUT2D eigenvalue weighted by Gasteiger charge is 2.36. The summed E-state index contributed by atoms with van der Waals surface area (Å²) in [5, 5.41) is 10.0. The lowest BCUT2D eigenvalue weighted by molar-refractivity contribution is -0.119. The first-order valence-corrected chi connectivity index (χ1v) is 19.4. The molecule has 1 saturated heterocycles. The molecule has 4 aromatic rings. The van der Waals surface area contributed by atoms with Crippen molar-refractivity contribution in [2.75, 3.05) is 33.5 Å². The fourth-order valence-electron chi connectivity index (χ4n) is 8.03. The van der Waals surface area contributed by atoms with E-state index in [1.54, 1.807) is 4.90 Å². The van der Waals surface area contributed by atoms with Crippen LogP contribution >= 0.6 is 0 Å². The van der Waals surface area contributed by atoms with Crippen LogP contribution in [0.25, 0.3) is 0 Å². The van der Waals surface area contributed by atoms with Crippen LogP contribution in [0.1, 0.15) is 92.6 Å². The van der Waals surface area contributed by atoms with Gasteiger partial charge in [-0.2, -0.15) is 0 Å². The summed E-state index contributed by atoms with van der Waals surface area (Å²) in [6.45, 7) is 9.71. The number of carbonyl (C=O) groups excluding carboxylic acids is 4. The van der Waals surface area contributed by atoms with E-state index in [2.05, 4.69) is 28.9 Å². The smallest absolute Gasteiger partial charge is 0.412 e. The molecule has 3 heterocycles. The van der Waals surface area contributed by atoms with Crippen molar-refractivity contribution >= 4 is 46.6 Å². The van der Waals surface area contributed by atoms with E-state index < -0.39 is 12.2 Å². The molecule has 0 spiro atoms. The Balaban J connectivity index is 0.858. The van der Waals surface area contributed by atoms with Gasteiger partial charge in [-0.3, -0.25) is 19.7 Å². The van der Waals surface area contributed by atoms with E-state index in [0.717, 1.165) is 40.2 Å². The van der Waals surface area contributed by atoms with Crippen LogP contribution < -0.4 is 25.8 Å². The molecule has 4 amide bonds. The molecule has 11 nitrogen and oxygen atoms in total. The lowest BCUT2D eigenvalue weighted by Crippen LogP contribution is -2.59. The Morgan fingerprint density at radius 1 is 0.691 bits per heavy atom. The van der Waals surface area contributed by atoms with E-state index in [1.165, 1.54) is 0 Å². The number of anilines is 4. The van der Waals surface area contributed by atoms with E-state index >= 15 is 0 Å². The maximum atomic E-state index is 13.2. The molecule has 286 valence electrons. The van der Waals surface area contributed by atoms with E-state index in [0.29, 0.717) is 50.1 Å². The van der Waals surface area contributed by atoms with E-state index in [9.17, 15) is 19.2 Å². The second kappa shape index (κ2) is 16.4. The molecule has 0 bridgehead atoms. The number of hydrogen-bond acceptors (Lipinski definition) is 7. The second-order valence-corrected chi connectivity index (χ2v) is 14.8. The Bertz CT molecular complexity index is 2030. The van der Waals surface area contributed by atoms with E-state index in [4.69, 9.17) is 4.74 Å². The maximum Gasteiger partial charge on any atom is 0.412 e. The predicted octanol–water partition coefficient (Wildman–Crippen LogP) is 7.81. The quantitative estimate of drug-likeness (QED) is 0.152. The number of amides is 4. The number of rotatable bonds is 10. The average Bonchev–Trinajstić information content (AvgIpc) is 3.17. The fraction of sp³-hybridized carbons (Fsp3) is 0.364. The van der Waals surface area contributed by atoms with E-state index in [-0.39, 0.29) is 41.9 Å². The first-order valence-electron chi connectivity index (χ1n) is 19.4. The normalized spacial score (nSPS) is 20.5. The van der Waals surface area contributed by atoms with Gasteiger partial charge in [-0.05, 0) is 79.9 Å². The number of ether oxygens (including phenoxy) is 1. The molecule has 4 atom stereocenters. The predicted molar refractivity (Wildman–Crippen MR) is 215 cm³/mol. The van der Waals surface area contributed by atoms with Gasteiger partial charge in [0.1, 0.15) is 6.10 Å². The highest BCUT2D eigenvalue weighted by Crippen LogP contribution is 2.41. The Labute approximate surface area is 323 Å². The van der Waals surface area contributed by atoms with Crippen molar-refractivity contribution in [1.29, 1.82) is 0 Å². The molecule has 1 fully saturated rings. The standard InChI is InChI=1S/C44H50N6O5/c1-5-41(51)49-28(3)23-37(35-11-7-9-13-38(35)49)46-32-21-17-31(18-22-32)43(53)48-26-34(27-48)45-25-30-15-19-33(20-16-30)47-44(54)55-40-24-29(4)50(42(52)6-2)39-14-10-8-12-36(39)40/h7-22,28-29,34,37,40,45-46H,5-6,23-27H2,1-4H3,(H,47,54)/t28-,29-,37+,40+/m0/s1. The van der Waals surface area contributed by atoms with Crippen molar-refractivity contribution in [1.82, 2.24) is 10.2 Å². The number of fused-ring (bicyclic) bond motifs is 2. The summed E-state index contributed by atoms with van der Waals surface area (Å²) in [5.41, 5.74) is 6.96. The molecule has 0 saturated carbocycles. The molecular weight excluding hydrogens is 693 g/mol. The number of nitrogens with zero attached hydrogens (tertiary/aromatic N) is 3. The number of nitrogens with one attached hydrogen (secondary N) is 3. The molecule has 0 unspecified atom stereocenters. The SMILES string of the molecule is CCC(=O)N1c2ccccc2[C@H](Nc2ccc(C(=O)N3CC(NCc4ccc(NC(=O)O[C@@H]5C[C@H](C)N(C(=O)CC)c6ccccc65)cc4)C3)cc2)C[C@@H]1C. The van der Waals surface area contributed by atoms with Gasteiger partial charge in [0.05, 0.1) is 11.7 Å². The third-order valence-corrected chi connectivity index (χ3v) is 11.0. The minimum Gasteiger partial charge on any atom is -0.441 e. The minimum atomic E-state index is -0.541. The van der Waals surface area contributed by atoms with Gasteiger partial charge in [-0.1, -0.05) is 62.4 Å². The van der Waals surface area contributed by atoms with Gasteiger partial charge in [-0.25, -0.2) is 4.79 Å². The Kier molecular flexibility index (Phi) is 11.2. The van der Waals surface area contributed by atoms with Gasteiger partial charge in [0.25, 0.3) is 5.91 Å². The van der Waals surface area contributed by atoms with Crippen LogP contribution in [0.2, 0.25) is 0 Å². The molecule has 0 aromatic heterocycles. The summed E-state index contributed by atoms with van der Waals surface area (Å²) in [7, 11) is 0. The van der Waals surface area contributed by atoms with Gasteiger partial charge in [0.15, 0.2) is 0 Å². The number of para-hydroxylation sites is 2. The number of carbonyl (C=O) groups is 4. The highest BCUT2D eigenvalue weighted by molar-refractivity contribution is 5.97. The van der Waals surface area contributed by atoms with Crippen LogP contribution in [-0.4, -0.2) is 59.9 Å². The molecule has 11 heteroatoms. The second-order valence-electron chi connectivity index (χ2n) is 14.8. The average molecular weight is 743 g/mol. The highest BCUT2D eigenvalue weighted by atomic mass is 16.6. The molecule has 55 heavy (non-hydrogen) atoms. The van der Waals surface area contributed by atoms with Gasteiger partial charge in [0, 0.05) is 85.2 Å². The summed E-state index contributed by atoms with van der Waals surface area (Å²) in [4.78, 5) is 57.1. The van der Waals surface area contributed by atoms with Crippen LogP contribution in [-0.2, 0) is 20.9 Å². The topological polar surface area (TPSA) is 123 Å². The van der Waals surface area contributed by atoms with Crippen LogP contribution in [0.3, 0.4) is 0 Å².